The molecule has 0 saturated carbocycles. The van der Waals surface area contributed by atoms with Gasteiger partial charge in [0.05, 0.1) is 13.7 Å². The number of nitrogens with zero attached hydrogens (tertiary/aromatic N) is 2. The number of ether oxygens (including phenoxy) is 2. The zero-order chi connectivity index (χ0) is 27.2. The van der Waals surface area contributed by atoms with Crippen LogP contribution in [0, 0.1) is 5.82 Å². The van der Waals surface area contributed by atoms with E-state index >= 15 is 0 Å². The number of likely N-dealkylation sites (N-methyl/N-ethyl adjacent to an activating group) is 1. The van der Waals surface area contributed by atoms with Crippen LogP contribution in [0.1, 0.15) is 41.4 Å². The zero-order valence-electron chi connectivity index (χ0n) is 21.5. The molecule has 1 heterocycles. The Kier molecular flexibility index (Phi) is 8.25. The van der Waals surface area contributed by atoms with E-state index in [1.165, 1.54) is 17.0 Å². The largest absolute Gasteiger partial charge is 0.497 e. The lowest BCUT2D eigenvalue weighted by Crippen LogP contribution is -2.48. The second-order valence-corrected chi connectivity index (χ2v) is 8.82. The van der Waals surface area contributed by atoms with E-state index in [1.807, 2.05) is 13.8 Å². The predicted octanol–water partition coefficient (Wildman–Crippen LogP) is 5.02. The summed E-state index contributed by atoms with van der Waals surface area (Å²) in [6, 6.07) is 18.5. The van der Waals surface area contributed by atoms with Crippen molar-refractivity contribution in [2.75, 3.05) is 25.5 Å². The molecule has 0 bridgehead atoms. The summed E-state index contributed by atoms with van der Waals surface area (Å²) in [4.78, 5) is 42.1. The normalized spacial score (nSPS) is 16.6. The summed E-state index contributed by atoms with van der Waals surface area (Å²) in [7, 11) is 1.56. The summed E-state index contributed by atoms with van der Waals surface area (Å²) >= 11 is 0. The molecule has 2 unspecified atom stereocenters. The quantitative estimate of drug-likeness (QED) is 0.429. The highest BCUT2D eigenvalue weighted by molar-refractivity contribution is 6.04. The molecule has 0 aliphatic carbocycles. The average Bonchev–Trinajstić information content (AvgIpc) is 3.26. The van der Waals surface area contributed by atoms with E-state index in [4.69, 9.17) is 9.47 Å². The van der Waals surface area contributed by atoms with Crippen LogP contribution < -0.4 is 10.1 Å². The Morgan fingerprint density at radius 3 is 2.18 bits per heavy atom. The van der Waals surface area contributed by atoms with Gasteiger partial charge in [-0.1, -0.05) is 24.3 Å². The van der Waals surface area contributed by atoms with Crippen molar-refractivity contribution in [3.8, 4) is 5.75 Å². The minimum atomic E-state index is -0.896. The van der Waals surface area contributed by atoms with Gasteiger partial charge in [0.25, 0.3) is 5.91 Å². The number of benzene rings is 3. The molecular formula is C29H30FN3O5. The molecule has 1 saturated heterocycles. The Bertz CT molecular complexity index is 1280. The molecule has 3 amide bonds. The first-order valence-corrected chi connectivity index (χ1v) is 12.4. The zero-order valence-corrected chi connectivity index (χ0v) is 21.5. The van der Waals surface area contributed by atoms with Gasteiger partial charge >= 0.3 is 6.09 Å². The summed E-state index contributed by atoms with van der Waals surface area (Å²) in [5, 5.41) is 2.84. The third-order valence-electron chi connectivity index (χ3n) is 6.53. The molecule has 0 aromatic heterocycles. The first kappa shape index (κ1) is 26.7. The number of hydrogen-bond acceptors (Lipinski definition) is 5. The summed E-state index contributed by atoms with van der Waals surface area (Å²) in [5.74, 6) is -0.248. The Balaban J connectivity index is 1.56. The molecule has 1 fully saturated rings. The number of cyclic esters (lactones) is 1. The van der Waals surface area contributed by atoms with Crippen LogP contribution in [0.15, 0.2) is 72.8 Å². The van der Waals surface area contributed by atoms with Gasteiger partial charge in [-0.2, -0.15) is 0 Å². The van der Waals surface area contributed by atoms with E-state index in [9.17, 15) is 18.8 Å². The van der Waals surface area contributed by atoms with Gasteiger partial charge in [0.1, 0.15) is 11.6 Å². The lowest BCUT2D eigenvalue weighted by molar-refractivity contribution is -0.136. The fraction of sp³-hybridized carbons (Fsp3) is 0.276. The lowest BCUT2D eigenvalue weighted by atomic mass is 9.99. The molecule has 8 nitrogen and oxygen atoms in total. The number of rotatable bonds is 9. The van der Waals surface area contributed by atoms with Crippen molar-refractivity contribution in [1.29, 1.82) is 0 Å². The Morgan fingerprint density at radius 2 is 1.61 bits per heavy atom. The van der Waals surface area contributed by atoms with E-state index in [0.717, 1.165) is 0 Å². The Hall–Kier alpha value is -4.40. The molecule has 2 atom stereocenters. The first-order valence-electron chi connectivity index (χ1n) is 12.4. The fourth-order valence-electron chi connectivity index (χ4n) is 4.40. The van der Waals surface area contributed by atoms with Crippen molar-refractivity contribution in [3.63, 3.8) is 0 Å². The van der Waals surface area contributed by atoms with Crippen molar-refractivity contribution in [3.05, 3.63) is 95.3 Å². The monoisotopic (exact) mass is 519 g/mol. The van der Waals surface area contributed by atoms with E-state index in [0.29, 0.717) is 41.2 Å². The van der Waals surface area contributed by atoms with Crippen LogP contribution in [-0.4, -0.2) is 53.9 Å². The number of hydrogen-bond donors (Lipinski definition) is 1. The maximum atomic E-state index is 13.5. The Morgan fingerprint density at radius 1 is 0.974 bits per heavy atom. The molecule has 3 aromatic rings. The minimum absolute atomic E-state index is 0.100. The number of amides is 3. The topological polar surface area (TPSA) is 88.2 Å². The summed E-state index contributed by atoms with van der Waals surface area (Å²) in [5.41, 5.74) is 2.32. The molecule has 1 aliphatic heterocycles. The molecule has 9 heteroatoms. The van der Waals surface area contributed by atoms with Crippen LogP contribution in [0.4, 0.5) is 14.9 Å². The number of halogens is 1. The van der Waals surface area contributed by atoms with Crippen LogP contribution in [-0.2, 0) is 16.1 Å². The van der Waals surface area contributed by atoms with Crippen molar-refractivity contribution >= 4 is 23.6 Å². The average molecular weight is 520 g/mol. The third kappa shape index (κ3) is 5.77. The molecule has 0 spiro atoms. The van der Waals surface area contributed by atoms with Crippen LogP contribution in [0.3, 0.4) is 0 Å². The van der Waals surface area contributed by atoms with E-state index in [1.54, 1.807) is 72.7 Å². The molecular weight excluding hydrogens is 489 g/mol. The predicted molar refractivity (Wildman–Crippen MR) is 140 cm³/mol. The molecule has 3 aromatic carbocycles. The van der Waals surface area contributed by atoms with E-state index in [2.05, 4.69) is 5.32 Å². The fourth-order valence-corrected chi connectivity index (χ4v) is 4.40. The number of carbonyl (C=O) groups excluding carboxylic acids is 3. The molecule has 198 valence electrons. The molecule has 1 N–H and O–H groups in total. The van der Waals surface area contributed by atoms with E-state index in [-0.39, 0.29) is 24.2 Å². The van der Waals surface area contributed by atoms with Gasteiger partial charge in [0, 0.05) is 24.3 Å². The van der Waals surface area contributed by atoms with Crippen LogP contribution in [0.5, 0.6) is 5.75 Å². The second-order valence-electron chi connectivity index (χ2n) is 8.82. The van der Waals surface area contributed by atoms with Gasteiger partial charge in [-0.05, 0) is 73.5 Å². The lowest BCUT2D eigenvalue weighted by Gasteiger charge is -2.29. The van der Waals surface area contributed by atoms with Gasteiger partial charge in [0.2, 0.25) is 5.91 Å². The van der Waals surface area contributed by atoms with Gasteiger partial charge in [-0.15, -0.1) is 0 Å². The SMILES string of the molecule is CCN(CC)C(=O)C1C(c2ccc(NC(=O)c3ccc(OC)cc3)cc2)OC(=O)N1Cc1ccc(F)cc1. The van der Waals surface area contributed by atoms with Crippen molar-refractivity contribution in [1.82, 2.24) is 9.80 Å². The summed E-state index contributed by atoms with van der Waals surface area (Å²) in [6.07, 6.45) is -1.47. The van der Waals surface area contributed by atoms with Crippen LogP contribution in [0.25, 0.3) is 0 Å². The van der Waals surface area contributed by atoms with Gasteiger partial charge < -0.3 is 19.7 Å². The highest BCUT2D eigenvalue weighted by Crippen LogP contribution is 2.35. The summed E-state index contributed by atoms with van der Waals surface area (Å²) < 4.78 is 24.2. The van der Waals surface area contributed by atoms with Gasteiger partial charge in [0.15, 0.2) is 12.1 Å². The molecule has 0 radical (unpaired) electrons. The van der Waals surface area contributed by atoms with E-state index < -0.39 is 18.2 Å². The standard InChI is InChI=1S/C29H30FN3O5/c1-4-32(5-2)28(35)25-26(38-29(36)33(25)18-19-6-12-22(30)13-7-19)20-8-14-23(15-9-20)31-27(34)21-10-16-24(37-3)17-11-21/h6-17,25-26H,4-5,18H2,1-3H3,(H,31,34). The van der Waals surface area contributed by atoms with Gasteiger partial charge in [-0.3, -0.25) is 14.5 Å². The van der Waals surface area contributed by atoms with Crippen LogP contribution in [0.2, 0.25) is 0 Å². The number of carbonyl (C=O) groups is 3. The number of methoxy groups -OCH3 is 1. The van der Waals surface area contributed by atoms with Crippen molar-refractivity contribution in [2.45, 2.75) is 32.5 Å². The number of anilines is 1. The third-order valence-corrected chi connectivity index (χ3v) is 6.53. The number of nitrogens with one attached hydrogen (secondary N) is 1. The van der Waals surface area contributed by atoms with Crippen molar-refractivity contribution < 1.29 is 28.2 Å². The smallest absolute Gasteiger partial charge is 0.411 e. The molecule has 38 heavy (non-hydrogen) atoms. The second kappa shape index (κ2) is 11.8. The Labute approximate surface area is 221 Å². The molecule has 4 rings (SSSR count). The first-order chi connectivity index (χ1) is 18.3. The molecule has 1 aliphatic rings. The maximum Gasteiger partial charge on any atom is 0.411 e. The van der Waals surface area contributed by atoms with Gasteiger partial charge in [-0.25, -0.2) is 9.18 Å². The summed E-state index contributed by atoms with van der Waals surface area (Å²) in [6.45, 7) is 4.81. The van der Waals surface area contributed by atoms with Crippen LogP contribution >= 0.6 is 0 Å². The highest BCUT2D eigenvalue weighted by atomic mass is 19.1. The highest BCUT2D eigenvalue weighted by Gasteiger charge is 2.48. The minimum Gasteiger partial charge on any atom is -0.497 e. The maximum absolute atomic E-state index is 13.5. The van der Waals surface area contributed by atoms with Crippen molar-refractivity contribution in [2.24, 2.45) is 0 Å².